The van der Waals surface area contributed by atoms with E-state index in [-0.39, 0.29) is 0 Å². The van der Waals surface area contributed by atoms with Gasteiger partial charge in [-0.1, -0.05) is 46.0 Å². The molecule has 0 amide bonds. The van der Waals surface area contributed by atoms with Crippen LogP contribution >= 0.6 is 0 Å². The summed E-state index contributed by atoms with van der Waals surface area (Å²) in [5.74, 6) is 0. The maximum absolute atomic E-state index is 3.52. The number of hydrazine groups is 1. The normalized spacial score (nSPS) is 19.2. The quantitative estimate of drug-likeness (QED) is 0.530. The molecule has 0 aromatic carbocycles. The molecule has 102 valence electrons. The Labute approximate surface area is 107 Å². The molecule has 0 atom stereocenters. The lowest BCUT2D eigenvalue weighted by Gasteiger charge is -2.23. The summed E-state index contributed by atoms with van der Waals surface area (Å²) in [6.45, 7) is 8.96. The molecule has 0 aliphatic heterocycles. The molecule has 0 aromatic rings. The van der Waals surface area contributed by atoms with Crippen LogP contribution in [0, 0.1) is 0 Å². The van der Waals surface area contributed by atoms with Gasteiger partial charge in [-0.15, -0.1) is 0 Å². The Morgan fingerprint density at radius 1 is 0.941 bits per heavy atom. The maximum Gasteiger partial charge on any atom is 0.0228 e. The van der Waals surface area contributed by atoms with E-state index in [4.69, 9.17) is 0 Å². The number of hydrogen-bond donors (Lipinski definition) is 2. The Hall–Kier alpha value is -0.120. The Balaban J connectivity index is 2.03. The molecular formula is C14H31N3. The minimum atomic E-state index is 0.701. The van der Waals surface area contributed by atoms with Crippen LogP contribution in [0.15, 0.2) is 0 Å². The van der Waals surface area contributed by atoms with E-state index in [9.17, 15) is 0 Å². The molecule has 17 heavy (non-hydrogen) atoms. The van der Waals surface area contributed by atoms with Gasteiger partial charge in [0.15, 0.2) is 0 Å². The fourth-order valence-corrected chi connectivity index (χ4v) is 2.57. The second-order valence-electron chi connectivity index (χ2n) is 5.14. The zero-order chi connectivity index (χ0) is 12.3. The Kier molecular flexibility index (Phi) is 8.67. The highest BCUT2D eigenvalue weighted by Gasteiger charge is 2.10. The number of nitrogens with zero attached hydrogens (tertiary/aromatic N) is 1. The van der Waals surface area contributed by atoms with E-state index in [0.29, 0.717) is 6.04 Å². The summed E-state index contributed by atoms with van der Waals surface area (Å²) < 4.78 is 0. The minimum absolute atomic E-state index is 0.701. The van der Waals surface area contributed by atoms with Crippen LogP contribution in [-0.4, -0.2) is 37.1 Å². The van der Waals surface area contributed by atoms with Gasteiger partial charge in [-0.05, 0) is 25.9 Å². The molecule has 0 bridgehead atoms. The van der Waals surface area contributed by atoms with E-state index in [1.54, 1.807) is 0 Å². The summed E-state index contributed by atoms with van der Waals surface area (Å²) in [5, 5.41) is 0. The standard InChI is InChI=1S/C14H31N3/c1-3-17(4-2)13-12-15-16-14-10-8-6-5-7-9-11-14/h14-16H,3-13H2,1-2H3. The summed E-state index contributed by atoms with van der Waals surface area (Å²) in [7, 11) is 0. The lowest BCUT2D eigenvalue weighted by atomic mass is 9.97. The molecule has 0 radical (unpaired) electrons. The second-order valence-corrected chi connectivity index (χ2v) is 5.14. The van der Waals surface area contributed by atoms with E-state index in [1.807, 2.05) is 0 Å². The minimum Gasteiger partial charge on any atom is -0.303 e. The lowest BCUT2D eigenvalue weighted by Crippen LogP contribution is -2.44. The van der Waals surface area contributed by atoms with E-state index in [1.165, 1.54) is 44.9 Å². The Bertz CT molecular complexity index is 161. The molecular weight excluding hydrogens is 210 g/mol. The van der Waals surface area contributed by atoms with Crippen molar-refractivity contribution in [3.63, 3.8) is 0 Å². The Morgan fingerprint density at radius 2 is 1.53 bits per heavy atom. The fraction of sp³-hybridized carbons (Fsp3) is 1.00. The van der Waals surface area contributed by atoms with Crippen molar-refractivity contribution in [3.05, 3.63) is 0 Å². The van der Waals surface area contributed by atoms with Crippen molar-refractivity contribution >= 4 is 0 Å². The zero-order valence-electron chi connectivity index (χ0n) is 11.8. The molecule has 0 unspecified atom stereocenters. The summed E-state index contributed by atoms with van der Waals surface area (Å²) in [4.78, 5) is 2.45. The summed E-state index contributed by atoms with van der Waals surface area (Å²) in [6, 6.07) is 0.701. The number of nitrogens with one attached hydrogen (secondary N) is 2. The fourth-order valence-electron chi connectivity index (χ4n) is 2.57. The van der Waals surface area contributed by atoms with Gasteiger partial charge in [-0.25, -0.2) is 0 Å². The molecule has 0 heterocycles. The molecule has 3 nitrogen and oxygen atoms in total. The average molecular weight is 241 g/mol. The first-order valence-electron chi connectivity index (χ1n) is 7.57. The highest BCUT2D eigenvalue weighted by atomic mass is 15.4. The van der Waals surface area contributed by atoms with E-state index in [0.717, 1.165) is 26.2 Å². The van der Waals surface area contributed by atoms with Gasteiger partial charge in [-0.3, -0.25) is 10.9 Å². The SMILES string of the molecule is CCN(CC)CCNNC1CCCCCCC1. The van der Waals surface area contributed by atoms with Crippen molar-refractivity contribution in [2.24, 2.45) is 0 Å². The number of hydrogen-bond acceptors (Lipinski definition) is 3. The van der Waals surface area contributed by atoms with Gasteiger partial charge in [0, 0.05) is 19.1 Å². The van der Waals surface area contributed by atoms with Crippen molar-refractivity contribution in [1.29, 1.82) is 0 Å². The van der Waals surface area contributed by atoms with Gasteiger partial charge >= 0.3 is 0 Å². The van der Waals surface area contributed by atoms with Crippen LogP contribution in [0.25, 0.3) is 0 Å². The van der Waals surface area contributed by atoms with Crippen molar-refractivity contribution in [1.82, 2.24) is 15.8 Å². The van der Waals surface area contributed by atoms with Gasteiger partial charge in [-0.2, -0.15) is 0 Å². The summed E-state index contributed by atoms with van der Waals surface area (Å²) in [6.07, 6.45) is 9.79. The first kappa shape index (κ1) is 14.9. The molecule has 0 spiro atoms. The topological polar surface area (TPSA) is 27.3 Å². The first-order valence-corrected chi connectivity index (χ1v) is 7.57. The highest BCUT2D eigenvalue weighted by Crippen LogP contribution is 2.16. The van der Waals surface area contributed by atoms with Gasteiger partial charge in [0.1, 0.15) is 0 Å². The molecule has 1 rings (SSSR count). The van der Waals surface area contributed by atoms with Crippen LogP contribution in [0.5, 0.6) is 0 Å². The average Bonchev–Trinajstić information content (AvgIpc) is 2.31. The molecule has 1 aliphatic carbocycles. The van der Waals surface area contributed by atoms with Crippen LogP contribution in [0.4, 0.5) is 0 Å². The van der Waals surface area contributed by atoms with E-state index >= 15 is 0 Å². The van der Waals surface area contributed by atoms with Crippen LogP contribution in [0.3, 0.4) is 0 Å². The molecule has 3 heteroatoms. The third-order valence-corrected chi connectivity index (χ3v) is 3.86. The third-order valence-electron chi connectivity index (χ3n) is 3.86. The lowest BCUT2D eigenvalue weighted by molar-refractivity contribution is 0.281. The third kappa shape index (κ3) is 7.02. The van der Waals surface area contributed by atoms with Crippen molar-refractivity contribution < 1.29 is 0 Å². The second kappa shape index (κ2) is 9.86. The van der Waals surface area contributed by atoms with Crippen molar-refractivity contribution in [2.45, 2.75) is 64.8 Å². The summed E-state index contributed by atoms with van der Waals surface area (Å²) >= 11 is 0. The van der Waals surface area contributed by atoms with Crippen LogP contribution < -0.4 is 10.9 Å². The van der Waals surface area contributed by atoms with Crippen molar-refractivity contribution in [2.75, 3.05) is 26.2 Å². The largest absolute Gasteiger partial charge is 0.303 e. The maximum atomic E-state index is 3.52. The van der Waals surface area contributed by atoms with E-state index in [2.05, 4.69) is 29.6 Å². The summed E-state index contributed by atoms with van der Waals surface area (Å²) in [5.41, 5.74) is 6.93. The van der Waals surface area contributed by atoms with Gasteiger partial charge in [0.25, 0.3) is 0 Å². The van der Waals surface area contributed by atoms with Crippen LogP contribution in [-0.2, 0) is 0 Å². The molecule has 0 saturated heterocycles. The van der Waals surface area contributed by atoms with Gasteiger partial charge < -0.3 is 4.90 Å². The Morgan fingerprint density at radius 3 is 2.12 bits per heavy atom. The van der Waals surface area contributed by atoms with Gasteiger partial charge in [0.2, 0.25) is 0 Å². The first-order chi connectivity index (χ1) is 8.36. The van der Waals surface area contributed by atoms with Crippen LogP contribution in [0.2, 0.25) is 0 Å². The highest BCUT2D eigenvalue weighted by molar-refractivity contribution is 4.68. The molecule has 1 aliphatic rings. The molecule has 2 N–H and O–H groups in total. The smallest absolute Gasteiger partial charge is 0.0228 e. The monoisotopic (exact) mass is 241 g/mol. The van der Waals surface area contributed by atoms with E-state index < -0.39 is 0 Å². The van der Waals surface area contributed by atoms with Crippen molar-refractivity contribution in [3.8, 4) is 0 Å². The van der Waals surface area contributed by atoms with Gasteiger partial charge in [0.05, 0.1) is 0 Å². The molecule has 1 fully saturated rings. The zero-order valence-corrected chi connectivity index (χ0v) is 11.8. The predicted molar refractivity (Wildman–Crippen MR) is 75.0 cm³/mol. The number of rotatable bonds is 7. The predicted octanol–water partition coefficient (Wildman–Crippen LogP) is 2.54. The molecule has 0 aromatic heterocycles. The number of likely N-dealkylation sites (N-methyl/N-ethyl adjacent to an activating group) is 1. The molecule has 1 saturated carbocycles. The van der Waals surface area contributed by atoms with Crippen LogP contribution in [0.1, 0.15) is 58.8 Å².